The monoisotopic (exact) mass is 360 g/mol. The summed E-state index contributed by atoms with van der Waals surface area (Å²) in [6.45, 7) is 1.24. The first-order valence-corrected chi connectivity index (χ1v) is 8.57. The third-order valence-corrected chi connectivity index (χ3v) is 4.71. The summed E-state index contributed by atoms with van der Waals surface area (Å²) in [5.74, 6) is 1.87. The van der Waals surface area contributed by atoms with Gasteiger partial charge in [-0.15, -0.1) is 0 Å². The summed E-state index contributed by atoms with van der Waals surface area (Å²) in [6, 6.07) is 3.29. The second-order valence-electron chi connectivity index (χ2n) is 6.25. The third kappa shape index (κ3) is 3.50. The number of benzene rings is 1. The summed E-state index contributed by atoms with van der Waals surface area (Å²) < 4.78 is 15.6. The average Bonchev–Trinajstić information content (AvgIpc) is 2.66. The Morgan fingerprint density at radius 2 is 1.92 bits per heavy atom. The Morgan fingerprint density at radius 3 is 2.62 bits per heavy atom. The quantitative estimate of drug-likeness (QED) is 0.805. The second-order valence-corrected chi connectivity index (χ2v) is 6.25. The number of carbonyl (C=O) groups is 1. The van der Waals surface area contributed by atoms with Gasteiger partial charge in [0, 0.05) is 11.5 Å². The number of fused-ring (bicyclic) bond motifs is 1. The van der Waals surface area contributed by atoms with Crippen LogP contribution in [0.15, 0.2) is 12.1 Å². The first-order chi connectivity index (χ1) is 12.6. The van der Waals surface area contributed by atoms with Gasteiger partial charge in [0.2, 0.25) is 0 Å². The molecule has 0 radical (unpaired) electrons. The lowest BCUT2D eigenvalue weighted by atomic mass is 10.0. The number of likely N-dealkylation sites (tertiary alicyclic amines) is 1. The van der Waals surface area contributed by atoms with Gasteiger partial charge >= 0.3 is 5.97 Å². The predicted octanol–water partition coefficient (Wildman–Crippen LogP) is 1.76. The molecule has 2 heterocycles. The number of hydrogen-bond acceptors (Lipinski definition) is 8. The smallest absolute Gasteiger partial charge is 0.323 e. The van der Waals surface area contributed by atoms with E-state index in [9.17, 15) is 4.79 Å². The molecule has 1 aromatic carbocycles. The van der Waals surface area contributed by atoms with Crippen LogP contribution in [0.4, 0.5) is 5.82 Å². The largest absolute Gasteiger partial charge is 0.493 e. The van der Waals surface area contributed by atoms with Crippen molar-refractivity contribution in [1.29, 1.82) is 0 Å². The molecule has 3 rings (SSSR count). The van der Waals surface area contributed by atoms with Crippen LogP contribution in [0.2, 0.25) is 0 Å². The summed E-state index contributed by atoms with van der Waals surface area (Å²) in [5.41, 5.74) is 6.82. The van der Waals surface area contributed by atoms with E-state index in [0.29, 0.717) is 40.6 Å². The number of hydrogen-bond donors (Lipinski definition) is 1. The molecule has 1 aromatic heterocycles. The summed E-state index contributed by atoms with van der Waals surface area (Å²) in [5, 5.41) is 0.703. The summed E-state index contributed by atoms with van der Waals surface area (Å²) in [4.78, 5) is 23.1. The summed E-state index contributed by atoms with van der Waals surface area (Å²) >= 11 is 0. The lowest BCUT2D eigenvalue weighted by Crippen LogP contribution is -2.44. The molecule has 0 bridgehead atoms. The molecule has 8 heteroatoms. The molecular formula is C18H24N4O4. The maximum absolute atomic E-state index is 12.0. The molecule has 8 nitrogen and oxygen atoms in total. The summed E-state index contributed by atoms with van der Waals surface area (Å²) in [6.07, 6.45) is 2.82. The number of piperidine rings is 1. The van der Waals surface area contributed by atoms with E-state index < -0.39 is 0 Å². The average molecular weight is 360 g/mol. The fraction of sp³-hybridized carbons (Fsp3) is 0.500. The number of esters is 1. The lowest BCUT2D eigenvalue weighted by molar-refractivity contribution is -0.148. The van der Waals surface area contributed by atoms with Gasteiger partial charge in [0.25, 0.3) is 0 Å². The van der Waals surface area contributed by atoms with Crippen LogP contribution in [0.1, 0.15) is 25.1 Å². The van der Waals surface area contributed by atoms with Crippen molar-refractivity contribution in [2.45, 2.75) is 31.8 Å². The molecule has 26 heavy (non-hydrogen) atoms. The van der Waals surface area contributed by atoms with Crippen molar-refractivity contribution in [3.63, 3.8) is 0 Å². The van der Waals surface area contributed by atoms with Gasteiger partial charge in [-0.1, -0.05) is 6.42 Å². The fourth-order valence-corrected chi connectivity index (χ4v) is 3.36. The fourth-order valence-electron chi connectivity index (χ4n) is 3.36. The first-order valence-electron chi connectivity index (χ1n) is 8.57. The molecule has 0 saturated carbocycles. The zero-order chi connectivity index (χ0) is 18.7. The van der Waals surface area contributed by atoms with Crippen molar-refractivity contribution in [1.82, 2.24) is 14.9 Å². The number of methoxy groups -OCH3 is 3. The number of carbonyl (C=O) groups excluding carboxylic acids is 1. The Balaban J connectivity index is 1.93. The third-order valence-electron chi connectivity index (χ3n) is 4.71. The van der Waals surface area contributed by atoms with Gasteiger partial charge < -0.3 is 19.9 Å². The normalized spacial score (nSPS) is 17.9. The predicted molar refractivity (Wildman–Crippen MR) is 97.1 cm³/mol. The Kier molecular flexibility index (Phi) is 5.41. The molecule has 2 N–H and O–H groups in total. The SMILES string of the molecule is COC(=O)C1CCCCN1Cc1nc(N)c2cc(OC)c(OC)cc2n1. The Labute approximate surface area is 152 Å². The van der Waals surface area contributed by atoms with Gasteiger partial charge in [-0.2, -0.15) is 0 Å². The van der Waals surface area contributed by atoms with Crippen LogP contribution >= 0.6 is 0 Å². The van der Waals surface area contributed by atoms with Crippen LogP contribution in [0.3, 0.4) is 0 Å². The van der Waals surface area contributed by atoms with Gasteiger partial charge in [0.1, 0.15) is 17.7 Å². The van der Waals surface area contributed by atoms with E-state index in [2.05, 4.69) is 14.9 Å². The topological polar surface area (TPSA) is 99.8 Å². The van der Waals surface area contributed by atoms with Gasteiger partial charge in [0.05, 0.1) is 33.4 Å². The zero-order valence-electron chi connectivity index (χ0n) is 15.3. The highest BCUT2D eigenvalue weighted by atomic mass is 16.5. The number of aromatic nitrogens is 2. The maximum atomic E-state index is 12.0. The number of nitrogens with two attached hydrogens (primary N) is 1. The van der Waals surface area contributed by atoms with E-state index in [-0.39, 0.29) is 12.0 Å². The molecule has 0 aliphatic carbocycles. The number of anilines is 1. The van der Waals surface area contributed by atoms with Crippen molar-refractivity contribution >= 4 is 22.7 Å². The van der Waals surface area contributed by atoms with Crippen molar-refractivity contribution in [2.75, 3.05) is 33.6 Å². The van der Waals surface area contributed by atoms with Gasteiger partial charge in [-0.25, -0.2) is 9.97 Å². The van der Waals surface area contributed by atoms with Gasteiger partial charge in [0.15, 0.2) is 11.5 Å². The lowest BCUT2D eigenvalue weighted by Gasteiger charge is -2.33. The van der Waals surface area contributed by atoms with E-state index in [1.54, 1.807) is 26.4 Å². The molecule has 1 atom stereocenters. The van der Waals surface area contributed by atoms with E-state index in [4.69, 9.17) is 19.9 Å². The van der Waals surface area contributed by atoms with Crippen molar-refractivity contribution in [3.05, 3.63) is 18.0 Å². The highest BCUT2D eigenvalue weighted by Gasteiger charge is 2.30. The molecule has 1 aliphatic rings. The molecule has 2 aromatic rings. The Hall–Kier alpha value is -2.61. The van der Waals surface area contributed by atoms with Crippen LogP contribution in [0, 0.1) is 0 Å². The molecular weight excluding hydrogens is 336 g/mol. The van der Waals surface area contributed by atoms with Crippen LogP contribution in [0.25, 0.3) is 10.9 Å². The number of ether oxygens (including phenoxy) is 3. The van der Waals surface area contributed by atoms with E-state index in [0.717, 1.165) is 25.8 Å². The molecule has 1 unspecified atom stereocenters. The number of rotatable bonds is 5. The standard InChI is InChI=1S/C18H24N4O4/c1-24-14-8-11-12(9-15(14)25-2)20-16(21-17(11)19)10-22-7-5-4-6-13(22)18(23)26-3/h8-9,13H,4-7,10H2,1-3H3,(H2,19,20,21). The number of nitrogen functional groups attached to an aromatic ring is 1. The van der Waals surface area contributed by atoms with Gasteiger partial charge in [-0.05, 0) is 25.5 Å². The van der Waals surface area contributed by atoms with Gasteiger partial charge in [-0.3, -0.25) is 9.69 Å². The van der Waals surface area contributed by atoms with Crippen molar-refractivity contribution in [3.8, 4) is 11.5 Å². The molecule has 1 saturated heterocycles. The molecule has 0 amide bonds. The highest BCUT2D eigenvalue weighted by Crippen LogP contribution is 2.33. The first kappa shape index (κ1) is 18.2. The van der Waals surface area contributed by atoms with Crippen LogP contribution in [0.5, 0.6) is 11.5 Å². The van der Waals surface area contributed by atoms with E-state index >= 15 is 0 Å². The van der Waals surface area contributed by atoms with Crippen molar-refractivity contribution in [2.24, 2.45) is 0 Å². The minimum atomic E-state index is -0.264. The van der Waals surface area contributed by atoms with Crippen LogP contribution in [-0.2, 0) is 16.1 Å². The van der Waals surface area contributed by atoms with Crippen molar-refractivity contribution < 1.29 is 19.0 Å². The zero-order valence-corrected chi connectivity index (χ0v) is 15.3. The van der Waals surface area contributed by atoms with Crippen LogP contribution in [-0.4, -0.2) is 54.8 Å². The second kappa shape index (κ2) is 7.74. The molecule has 0 spiro atoms. The highest BCUT2D eigenvalue weighted by molar-refractivity contribution is 5.90. The molecule has 1 fully saturated rings. The summed E-state index contributed by atoms with van der Waals surface area (Å²) in [7, 11) is 4.56. The van der Waals surface area contributed by atoms with E-state index in [1.165, 1.54) is 7.11 Å². The Bertz CT molecular complexity index is 811. The van der Waals surface area contributed by atoms with E-state index in [1.807, 2.05) is 0 Å². The minimum absolute atomic E-state index is 0.218. The maximum Gasteiger partial charge on any atom is 0.323 e. The number of nitrogens with zero attached hydrogens (tertiary/aromatic N) is 3. The molecule has 140 valence electrons. The van der Waals surface area contributed by atoms with Crippen LogP contribution < -0.4 is 15.2 Å². The molecule has 1 aliphatic heterocycles. The minimum Gasteiger partial charge on any atom is -0.493 e. The Morgan fingerprint density at radius 1 is 1.19 bits per heavy atom.